The lowest BCUT2D eigenvalue weighted by Gasteiger charge is -2.39. The van der Waals surface area contributed by atoms with Gasteiger partial charge in [-0.3, -0.25) is 10.1 Å². The molecular weight excluding hydrogens is 193 g/mol. The standard InChI is InChI=1S/C9H14BN3O2/c10-12-4-1-7(2-5-12)13-6-3-8(14)11-9(13)15/h7H,1-6H2,(H,11,14,15). The van der Waals surface area contributed by atoms with Crippen LogP contribution in [0.5, 0.6) is 0 Å². The Kier molecular flexibility index (Phi) is 2.95. The molecule has 1 N–H and O–H groups in total. The van der Waals surface area contributed by atoms with E-state index < -0.39 is 0 Å². The molecule has 2 rings (SSSR count). The van der Waals surface area contributed by atoms with Gasteiger partial charge in [-0.1, -0.05) is 0 Å². The third-order valence-corrected chi connectivity index (χ3v) is 3.03. The van der Waals surface area contributed by atoms with Crippen LogP contribution in [-0.4, -0.2) is 55.3 Å². The zero-order chi connectivity index (χ0) is 10.8. The number of piperidine rings is 1. The first-order valence-electron chi connectivity index (χ1n) is 5.27. The van der Waals surface area contributed by atoms with Crippen LogP contribution in [0.15, 0.2) is 0 Å². The largest absolute Gasteiger partial charge is 0.353 e. The maximum Gasteiger partial charge on any atom is 0.324 e. The van der Waals surface area contributed by atoms with Crippen molar-refractivity contribution in [3.05, 3.63) is 0 Å². The average molecular weight is 207 g/mol. The molecule has 2 aliphatic rings. The van der Waals surface area contributed by atoms with Crippen molar-refractivity contribution in [3.63, 3.8) is 0 Å². The number of rotatable bonds is 1. The van der Waals surface area contributed by atoms with Crippen LogP contribution in [0, 0.1) is 0 Å². The van der Waals surface area contributed by atoms with Gasteiger partial charge in [0.15, 0.2) is 7.98 Å². The molecule has 2 saturated heterocycles. The van der Waals surface area contributed by atoms with Gasteiger partial charge in [-0.15, -0.1) is 0 Å². The van der Waals surface area contributed by atoms with E-state index in [0.717, 1.165) is 25.9 Å². The molecule has 6 heteroatoms. The first kappa shape index (κ1) is 10.5. The number of nitrogens with one attached hydrogen (secondary N) is 1. The number of hydrogen-bond acceptors (Lipinski definition) is 3. The van der Waals surface area contributed by atoms with Crippen LogP contribution >= 0.6 is 0 Å². The van der Waals surface area contributed by atoms with Crippen molar-refractivity contribution >= 4 is 19.9 Å². The number of carbonyl (C=O) groups excluding carboxylic acids is 2. The van der Waals surface area contributed by atoms with E-state index in [4.69, 9.17) is 7.98 Å². The molecule has 0 aromatic rings. The van der Waals surface area contributed by atoms with Gasteiger partial charge in [0.2, 0.25) is 5.91 Å². The maximum atomic E-state index is 11.5. The Balaban J connectivity index is 1.93. The highest BCUT2D eigenvalue weighted by Crippen LogP contribution is 2.17. The summed E-state index contributed by atoms with van der Waals surface area (Å²) in [6.07, 6.45) is 2.19. The van der Waals surface area contributed by atoms with Gasteiger partial charge in [0.25, 0.3) is 0 Å². The quantitative estimate of drug-likeness (QED) is 0.588. The second-order valence-corrected chi connectivity index (χ2v) is 4.06. The predicted octanol–water partition coefficient (Wildman–Crippen LogP) is -0.524. The summed E-state index contributed by atoms with van der Waals surface area (Å²) in [6, 6.07) is -0.0142. The minimum Gasteiger partial charge on any atom is -0.353 e. The molecule has 2 fully saturated rings. The van der Waals surface area contributed by atoms with E-state index in [1.54, 1.807) is 9.71 Å². The molecular formula is C9H14BN3O2. The first-order valence-corrected chi connectivity index (χ1v) is 5.27. The molecule has 0 bridgehead atoms. The van der Waals surface area contributed by atoms with Crippen LogP contribution in [0.25, 0.3) is 0 Å². The molecule has 0 atom stereocenters. The molecule has 2 heterocycles. The summed E-state index contributed by atoms with van der Waals surface area (Å²) in [4.78, 5) is 26.0. The summed E-state index contributed by atoms with van der Waals surface area (Å²) < 4.78 is 0. The van der Waals surface area contributed by atoms with Crippen molar-refractivity contribution in [1.29, 1.82) is 0 Å². The smallest absolute Gasteiger partial charge is 0.324 e. The lowest BCUT2D eigenvalue weighted by atomic mass is 10.0. The molecule has 0 aromatic heterocycles. The molecule has 0 unspecified atom stereocenters. The lowest BCUT2D eigenvalue weighted by molar-refractivity contribution is -0.121. The lowest BCUT2D eigenvalue weighted by Crippen LogP contribution is -2.55. The van der Waals surface area contributed by atoms with Crippen molar-refractivity contribution in [2.75, 3.05) is 19.6 Å². The molecule has 0 aliphatic carbocycles. The highest BCUT2D eigenvalue weighted by Gasteiger charge is 2.30. The van der Waals surface area contributed by atoms with E-state index in [1.807, 2.05) is 0 Å². The van der Waals surface area contributed by atoms with Gasteiger partial charge in [0.05, 0.1) is 0 Å². The Morgan fingerprint density at radius 3 is 2.47 bits per heavy atom. The third-order valence-electron chi connectivity index (χ3n) is 3.03. The van der Waals surface area contributed by atoms with Crippen LogP contribution in [0.3, 0.4) is 0 Å². The molecule has 0 aromatic carbocycles. The van der Waals surface area contributed by atoms with Gasteiger partial charge in [-0.05, 0) is 25.9 Å². The fourth-order valence-corrected chi connectivity index (χ4v) is 2.12. The first-order chi connectivity index (χ1) is 7.16. The SMILES string of the molecule is [B]N1CCC(N2CCC(=O)NC2=O)CC1. The average Bonchev–Trinajstić information content (AvgIpc) is 2.20. The molecule has 5 nitrogen and oxygen atoms in total. The van der Waals surface area contributed by atoms with Gasteiger partial charge < -0.3 is 9.71 Å². The van der Waals surface area contributed by atoms with E-state index in [1.165, 1.54) is 0 Å². The van der Waals surface area contributed by atoms with Crippen LogP contribution in [0.2, 0.25) is 0 Å². The number of hydrogen-bond donors (Lipinski definition) is 1. The van der Waals surface area contributed by atoms with Crippen molar-refractivity contribution in [1.82, 2.24) is 15.0 Å². The molecule has 80 valence electrons. The van der Waals surface area contributed by atoms with Gasteiger partial charge in [-0.25, -0.2) is 4.79 Å². The predicted molar refractivity (Wildman–Crippen MR) is 55.2 cm³/mol. The van der Waals surface area contributed by atoms with Gasteiger partial charge in [0.1, 0.15) is 0 Å². The summed E-state index contributed by atoms with van der Waals surface area (Å²) in [7, 11) is 5.64. The number of carbonyl (C=O) groups is 2. The molecule has 0 spiro atoms. The van der Waals surface area contributed by atoms with E-state index in [9.17, 15) is 9.59 Å². The van der Waals surface area contributed by atoms with E-state index in [-0.39, 0.29) is 18.0 Å². The van der Waals surface area contributed by atoms with E-state index in [2.05, 4.69) is 5.32 Å². The van der Waals surface area contributed by atoms with Crippen LogP contribution < -0.4 is 5.32 Å². The zero-order valence-electron chi connectivity index (χ0n) is 8.61. The third kappa shape index (κ3) is 2.31. The molecule has 3 amide bonds. The Morgan fingerprint density at radius 1 is 1.20 bits per heavy atom. The molecule has 0 saturated carbocycles. The summed E-state index contributed by atoms with van der Waals surface area (Å²) in [5, 5.41) is 2.34. The van der Waals surface area contributed by atoms with Crippen molar-refractivity contribution < 1.29 is 9.59 Å². The normalized spacial score (nSPS) is 25.5. The second kappa shape index (κ2) is 4.22. The maximum absolute atomic E-state index is 11.5. The van der Waals surface area contributed by atoms with Crippen LogP contribution in [0.4, 0.5) is 4.79 Å². The topological polar surface area (TPSA) is 52.6 Å². The Labute approximate surface area is 90.2 Å². The Morgan fingerprint density at radius 2 is 1.87 bits per heavy atom. The Bertz CT molecular complexity index is 277. The van der Waals surface area contributed by atoms with Crippen molar-refractivity contribution in [3.8, 4) is 0 Å². The van der Waals surface area contributed by atoms with E-state index >= 15 is 0 Å². The number of nitrogens with zero attached hydrogens (tertiary/aromatic N) is 2. The van der Waals surface area contributed by atoms with Gasteiger partial charge >= 0.3 is 6.03 Å². The van der Waals surface area contributed by atoms with Crippen molar-refractivity contribution in [2.45, 2.75) is 25.3 Å². The molecule has 2 radical (unpaired) electrons. The fourth-order valence-electron chi connectivity index (χ4n) is 2.12. The second-order valence-electron chi connectivity index (χ2n) is 4.06. The zero-order valence-corrected chi connectivity index (χ0v) is 8.61. The van der Waals surface area contributed by atoms with Crippen LogP contribution in [0.1, 0.15) is 19.3 Å². The Hall–Kier alpha value is -1.04. The summed E-state index contributed by atoms with van der Waals surface area (Å²) in [5.41, 5.74) is 0. The van der Waals surface area contributed by atoms with Crippen molar-refractivity contribution in [2.24, 2.45) is 0 Å². The van der Waals surface area contributed by atoms with Gasteiger partial charge in [0, 0.05) is 19.0 Å². The molecule has 2 aliphatic heterocycles. The number of amides is 3. The minimum absolute atomic E-state index is 0.174. The summed E-state index contributed by atoms with van der Waals surface area (Å²) in [6.45, 7) is 2.16. The van der Waals surface area contributed by atoms with Gasteiger partial charge in [-0.2, -0.15) is 0 Å². The fraction of sp³-hybridized carbons (Fsp3) is 0.778. The number of imide groups is 1. The monoisotopic (exact) mass is 207 g/mol. The van der Waals surface area contributed by atoms with Crippen LogP contribution in [-0.2, 0) is 4.79 Å². The summed E-state index contributed by atoms with van der Waals surface area (Å²) >= 11 is 0. The molecule has 15 heavy (non-hydrogen) atoms. The summed E-state index contributed by atoms with van der Waals surface area (Å²) in [5.74, 6) is -0.174. The number of urea groups is 1. The van der Waals surface area contributed by atoms with E-state index in [0.29, 0.717) is 13.0 Å². The highest BCUT2D eigenvalue weighted by atomic mass is 16.2. The highest BCUT2D eigenvalue weighted by molar-refractivity contribution is 6.04. The minimum atomic E-state index is -0.248.